The average molecular weight is 315 g/mol. The van der Waals surface area contributed by atoms with Crippen molar-refractivity contribution in [3.63, 3.8) is 0 Å². The third-order valence-corrected chi connectivity index (χ3v) is 3.72. The maximum Gasteiger partial charge on any atom is 0.397 e. The number of hydrogen-bond acceptors (Lipinski definition) is 3. The van der Waals surface area contributed by atoms with Crippen LogP contribution < -0.4 is 5.32 Å². The minimum Gasteiger partial charge on any atom is -0.333 e. The van der Waals surface area contributed by atoms with Crippen LogP contribution in [0.1, 0.15) is 31.4 Å². The highest BCUT2D eigenvalue weighted by Crippen LogP contribution is 2.24. The highest BCUT2D eigenvalue weighted by atomic mass is 19.4. The van der Waals surface area contributed by atoms with E-state index in [1.54, 1.807) is 24.4 Å². The van der Waals surface area contributed by atoms with Crippen LogP contribution in [-0.2, 0) is 11.3 Å². The Balaban J connectivity index is 2.13. The number of nitrogens with one attached hydrogen (secondary N) is 1. The van der Waals surface area contributed by atoms with Crippen LogP contribution in [-0.4, -0.2) is 41.1 Å². The van der Waals surface area contributed by atoms with Gasteiger partial charge in [0, 0.05) is 12.2 Å². The number of carbonyl (C=O) groups excluding carboxylic acids is 1. The molecule has 1 saturated heterocycles. The van der Waals surface area contributed by atoms with Crippen molar-refractivity contribution in [2.45, 2.75) is 44.4 Å². The van der Waals surface area contributed by atoms with Gasteiger partial charge in [0.1, 0.15) is 6.42 Å². The number of amides is 1. The van der Waals surface area contributed by atoms with E-state index in [9.17, 15) is 18.0 Å². The van der Waals surface area contributed by atoms with Crippen LogP contribution in [0.15, 0.2) is 24.4 Å². The van der Waals surface area contributed by atoms with Crippen molar-refractivity contribution in [1.82, 2.24) is 15.2 Å². The first-order chi connectivity index (χ1) is 10.5. The highest BCUT2D eigenvalue weighted by molar-refractivity contribution is 5.77. The molecule has 1 amide bonds. The van der Waals surface area contributed by atoms with Gasteiger partial charge in [-0.25, -0.2) is 0 Å². The molecule has 2 rings (SSSR count). The van der Waals surface area contributed by atoms with Crippen molar-refractivity contribution in [2.75, 3.05) is 13.1 Å². The van der Waals surface area contributed by atoms with Gasteiger partial charge in [-0.3, -0.25) is 9.78 Å². The summed E-state index contributed by atoms with van der Waals surface area (Å²) in [6, 6.07) is 5.06. The molecule has 1 aliphatic rings. The summed E-state index contributed by atoms with van der Waals surface area (Å²) in [5.74, 6) is -0.870. The molecule has 1 aromatic rings. The second-order valence-corrected chi connectivity index (χ2v) is 5.47. The summed E-state index contributed by atoms with van der Waals surface area (Å²) in [7, 11) is 0. The third kappa shape index (κ3) is 5.29. The lowest BCUT2D eigenvalue weighted by Gasteiger charge is -2.31. The van der Waals surface area contributed by atoms with Gasteiger partial charge in [-0.15, -0.1) is 0 Å². The normalized spacial score (nSPS) is 19.5. The van der Waals surface area contributed by atoms with Crippen LogP contribution in [0.25, 0.3) is 0 Å². The molecule has 1 unspecified atom stereocenters. The predicted molar refractivity (Wildman–Crippen MR) is 76.0 cm³/mol. The summed E-state index contributed by atoms with van der Waals surface area (Å²) in [5.41, 5.74) is 0.607. The Morgan fingerprint density at radius 1 is 1.32 bits per heavy atom. The quantitative estimate of drug-likeness (QED) is 0.928. The number of carbonyl (C=O) groups is 1. The van der Waals surface area contributed by atoms with E-state index in [2.05, 4.69) is 10.3 Å². The first-order valence-electron chi connectivity index (χ1n) is 7.42. The first kappa shape index (κ1) is 16.7. The van der Waals surface area contributed by atoms with Crippen LogP contribution in [0.4, 0.5) is 13.2 Å². The van der Waals surface area contributed by atoms with Gasteiger partial charge in [-0.2, -0.15) is 13.2 Å². The molecule has 0 radical (unpaired) electrons. The van der Waals surface area contributed by atoms with Gasteiger partial charge in [0.15, 0.2) is 0 Å². The van der Waals surface area contributed by atoms with Crippen molar-refractivity contribution < 1.29 is 18.0 Å². The lowest BCUT2D eigenvalue weighted by Crippen LogP contribution is -2.42. The minimum atomic E-state index is -4.48. The van der Waals surface area contributed by atoms with Crippen molar-refractivity contribution in [2.24, 2.45) is 0 Å². The van der Waals surface area contributed by atoms with Crippen LogP contribution in [0.3, 0.4) is 0 Å². The zero-order valence-electron chi connectivity index (χ0n) is 12.3. The lowest BCUT2D eigenvalue weighted by molar-refractivity contribution is -0.163. The molecule has 4 nitrogen and oxygen atoms in total. The van der Waals surface area contributed by atoms with Crippen molar-refractivity contribution in [3.05, 3.63) is 30.1 Å². The Hall–Kier alpha value is -1.63. The molecule has 0 saturated carbocycles. The topological polar surface area (TPSA) is 45.2 Å². The SMILES string of the molecule is O=C(CC(F)(F)F)N(Cc1ccccn1)C1CCCNCC1. The standard InChI is InChI=1S/C15H20F3N3O/c16-15(17,18)10-14(22)21(11-12-4-1-2-8-20-12)13-5-3-7-19-9-6-13/h1-2,4,8,13,19H,3,5-7,9-11H2. The van der Waals surface area contributed by atoms with E-state index >= 15 is 0 Å². The molecular formula is C15H20F3N3O. The second-order valence-electron chi connectivity index (χ2n) is 5.47. The summed E-state index contributed by atoms with van der Waals surface area (Å²) in [5, 5.41) is 3.21. The Kier molecular flexibility index (Phi) is 5.76. The average Bonchev–Trinajstić information content (AvgIpc) is 2.73. The molecule has 1 aliphatic heterocycles. The zero-order valence-corrected chi connectivity index (χ0v) is 12.3. The summed E-state index contributed by atoms with van der Waals surface area (Å²) in [4.78, 5) is 17.6. The Morgan fingerprint density at radius 2 is 2.14 bits per heavy atom. The molecule has 0 aromatic carbocycles. The van der Waals surface area contributed by atoms with Crippen LogP contribution in [0.5, 0.6) is 0 Å². The number of aromatic nitrogens is 1. The fraction of sp³-hybridized carbons (Fsp3) is 0.600. The molecule has 0 spiro atoms. The summed E-state index contributed by atoms with van der Waals surface area (Å²) < 4.78 is 37.7. The van der Waals surface area contributed by atoms with E-state index in [-0.39, 0.29) is 12.6 Å². The number of nitrogens with zero attached hydrogens (tertiary/aromatic N) is 2. The second kappa shape index (κ2) is 7.58. The number of halogens is 3. The van der Waals surface area contributed by atoms with Gasteiger partial charge >= 0.3 is 6.18 Å². The van der Waals surface area contributed by atoms with Gasteiger partial charge in [-0.1, -0.05) is 6.07 Å². The van der Waals surface area contributed by atoms with Crippen LogP contribution >= 0.6 is 0 Å². The lowest BCUT2D eigenvalue weighted by atomic mass is 10.1. The smallest absolute Gasteiger partial charge is 0.333 e. The van der Waals surface area contributed by atoms with E-state index in [1.807, 2.05) is 0 Å². The Morgan fingerprint density at radius 3 is 2.82 bits per heavy atom. The van der Waals surface area contributed by atoms with Crippen molar-refractivity contribution in [1.29, 1.82) is 0 Å². The molecule has 2 heterocycles. The Bertz CT molecular complexity index is 471. The number of rotatable bonds is 4. The van der Waals surface area contributed by atoms with Gasteiger partial charge in [0.05, 0.1) is 12.2 Å². The van der Waals surface area contributed by atoms with Gasteiger partial charge in [0.25, 0.3) is 0 Å². The summed E-state index contributed by atoms with van der Waals surface area (Å²) in [6.07, 6.45) is -2.09. The van der Waals surface area contributed by atoms with Crippen molar-refractivity contribution in [3.8, 4) is 0 Å². The fourth-order valence-corrected chi connectivity index (χ4v) is 2.67. The van der Waals surface area contributed by atoms with E-state index in [1.165, 1.54) is 4.90 Å². The number of alkyl halides is 3. The van der Waals surface area contributed by atoms with E-state index in [0.29, 0.717) is 25.1 Å². The van der Waals surface area contributed by atoms with E-state index in [0.717, 1.165) is 13.0 Å². The van der Waals surface area contributed by atoms with Gasteiger partial charge in [-0.05, 0) is 44.5 Å². The van der Waals surface area contributed by atoms with Gasteiger partial charge in [0.2, 0.25) is 5.91 Å². The number of hydrogen-bond donors (Lipinski definition) is 1. The molecule has 122 valence electrons. The predicted octanol–water partition coefficient (Wildman–Crippen LogP) is 2.50. The summed E-state index contributed by atoms with van der Waals surface area (Å²) >= 11 is 0. The van der Waals surface area contributed by atoms with Crippen molar-refractivity contribution >= 4 is 5.91 Å². The summed E-state index contributed by atoms with van der Waals surface area (Å²) in [6.45, 7) is 1.67. The maximum absolute atomic E-state index is 12.6. The largest absolute Gasteiger partial charge is 0.397 e. The molecule has 0 bridgehead atoms. The zero-order chi connectivity index (χ0) is 16.0. The molecule has 22 heavy (non-hydrogen) atoms. The molecule has 1 N–H and O–H groups in total. The third-order valence-electron chi connectivity index (χ3n) is 3.72. The fourth-order valence-electron chi connectivity index (χ4n) is 2.67. The molecule has 1 aromatic heterocycles. The van der Waals surface area contributed by atoms with Crippen LogP contribution in [0, 0.1) is 0 Å². The molecule has 1 atom stereocenters. The van der Waals surface area contributed by atoms with E-state index in [4.69, 9.17) is 0 Å². The van der Waals surface area contributed by atoms with E-state index < -0.39 is 18.5 Å². The minimum absolute atomic E-state index is 0.125. The molecular weight excluding hydrogens is 295 g/mol. The van der Waals surface area contributed by atoms with Crippen LogP contribution in [0.2, 0.25) is 0 Å². The molecule has 0 aliphatic carbocycles. The monoisotopic (exact) mass is 315 g/mol. The molecule has 1 fully saturated rings. The Labute approximate surface area is 127 Å². The van der Waals surface area contributed by atoms with Gasteiger partial charge < -0.3 is 10.2 Å². The maximum atomic E-state index is 12.6. The number of pyridine rings is 1. The first-order valence-corrected chi connectivity index (χ1v) is 7.42. The molecule has 7 heteroatoms. The highest BCUT2D eigenvalue weighted by Gasteiger charge is 2.35.